The minimum Gasteiger partial charge on any atom is -0.381 e. The van der Waals surface area contributed by atoms with Crippen molar-refractivity contribution in [3.63, 3.8) is 0 Å². The van der Waals surface area contributed by atoms with Crippen molar-refractivity contribution in [1.29, 1.82) is 0 Å². The number of hydrogen-bond acceptors (Lipinski definition) is 6. The van der Waals surface area contributed by atoms with E-state index in [1.54, 1.807) is 0 Å². The number of anilines is 1. The van der Waals surface area contributed by atoms with Crippen LogP contribution in [0.3, 0.4) is 0 Å². The Kier molecular flexibility index (Phi) is 4.60. The van der Waals surface area contributed by atoms with E-state index in [2.05, 4.69) is 5.32 Å². The molecule has 1 aromatic carbocycles. The van der Waals surface area contributed by atoms with Crippen LogP contribution in [0.25, 0.3) is 0 Å². The third-order valence-electron chi connectivity index (χ3n) is 3.32. The van der Waals surface area contributed by atoms with E-state index in [1.807, 2.05) is 0 Å². The number of sulfone groups is 2. The van der Waals surface area contributed by atoms with Gasteiger partial charge in [-0.25, -0.2) is 16.8 Å². The summed E-state index contributed by atoms with van der Waals surface area (Å²) in [5, 5.41) is 3.04. The topological polar surface area (TPSA) is 89.5 Å². The van der Waals surface area contributed by atoms with Crippen LogP contribution in [0.15, 0.2) is 28.0 Å². The van der Waals surface area contributed by atoms with Crippen LogP contribution in [0.4, 0.5) is 5.69 Å². The van der Waals surface area contributed by atoms with Gasteiger partial charge in [-0.2, -0.15) is 0 Å². The molecular formula is C13H19NO5S2. The Morgan fingerprint density at radius 3 is 2.43 bits per heavy atom. The molecule has 1 N–H and O–H groups in total. The molecule has 21 heavy (non-hydrogen) atoms. The second-order valence-electron chi connectivity index (χ2n) is 5.22. The molecule has 1 fully saturated rings. The fourth-order valence-corrected chi connectivity index (χ4v) is 3.82. The lowest BCUT2D eigenvalue weighted by Crippen LogP contribution is -2.19. The molecule has 0 aliphatic carbocycles. The van der Waals surface area contributed by atoms with Crippen LogP contribution in [-0.4, -0.2) is 48.6 Å². The average Bonchev–Trinajstić information content (AvgIpc) is 2.87. The van der Waals surface area contributed by atoms with Crippen molar-refractivity contribution in [1.82, 2.24) is 0 Å². The molecule has 1 aromatic rings. The summed E-state index contributed by atoms with van der Waals surface area (Å²) in [5.41, 5.74) is 0.403. The quantitative estimate of drug-likeness (QED) is 0.867. The van der Waals surface area contributed by atoms with E-state index in [-0.39, 0.29) is 15.9 Å². The molecule has 0 amide bonds. The van der Waals surface area contributed by atoms with E-state index in [0.717, 1.165) is 32.0 Å². The van der Waals surface area contributed by atoms with Gasteiger partial charge in [-0.3, -0.25) is 0 Å². The molecule has 1 aliphatic rings. The zero-order valence-electron chi connectivity index (χ0n) is 12.0. The van der Waals surface area contributed by atoms with Crippen LogP contribution in [0.2, 0.25) is 0 Å². The summed E-state index contributed by atoms with van der Waals surface area (Å²) < 4.78 is 52.3. The highest BCUT2D eigenvalue weighted by atomic mass is 32.2. The van der Waals surface area contributed by atoms with Gasteiger partial charge in [-0.15, -0.1) is 0 Å². The minimum atomic E-state index is -3.53. The Morgan fingerprint density at radius 1 is 1.19 bits per heavy atom. The van der Waals surface area contributed by atoms with Gasteiger partial charge in [0.2, 0.25) is 0 Å². The molecule has 0 radical (unpaired) electrons. The Bertz CT molecular complexity index is 719. The van der Waals surface area contributed by atoms with Crippen molar-refractivity contribution in [2.45, 2.75) is 28.7 Å². The molecule has 0 bridgehead atoms. The number of hydrogen-bond donors (Lipinski definition) is 1. The molecule has 1 atom stereocenters. The number of benzene rings is 1. The molecule has 2 rings (SSSR count). The van der Waals surface area contributed by atoms with Crippen LogP contribution in [0.5, 0.6) is 0 Å². The SMILES string of the molecule is CS(=O)(=O)c1ccc(NC[C@H]2CCCO2)c(S(C)(=O)=O)c1. The number of rotatable bonds is 5. The second-order valence-corrected chi connectivity index (χ2v) is 9.22. The average molecular weight is 333 g/mol. The summed E-state index contributed by atoms with van der Waals surface area (Å²) in [4.78, 5) is -0.0194. The fourth-order valence-electron chi connectivity index (χ4n) is 2.22. The highest BCUT2D eigenvalue weighted by Gasteiger charge is 2.20. The Balaban J connectivity index is 2.31. The van der Waals surface area contributed by atoms with Gasteiger partial charge in [0.05, 0.1) is 21.6 Å². The summed E-state index contributed by atoms with van der Waals surface area (Å²) in [6.07, 6.45) is 4.10. The highest BCUT2D eigenvalue weighted by Crippen LogP contribution is 2.25. The molecule has 6 nitrogen and oxygen atoms in total. The van der Waals surface area contributed by atoms with Gasteiger partial charge in [0.25, 0.3) is 0 Å². The number of nitrogens with one attached hydrogen (secondary N) is 1. The van der Waals surface area contributed by atoms with Gasteiger partial charge >= 0.3 is 0 Å². The molecule has 0 aromatic heterocycles. The van der Waals surface area contributed by atoms with E-state index in [4.69, 9.17) is 4.74 Å². The molecule has 1 heterocycles. The largest absolute Gasteiger partial charge is 0.381 e. The van der Waals surface area contributed by atoms with Crippen molar-refractivity contribution in [2.24, 2.45) is 0 Å². The maximum Gasteiger partial charge on any atom is 0.177 e. The lowest BCUT2D eigenvalue weighted by atomic mass is 10.2. The Morgan fingerprint density at radius 2 is 1.90 bits per heavy atom. The second kappa shape index (κ2) is 5.94. The molecule has 1 aliphatic heterocycles. The normalized spacial score (nSPS) is 19.6. The van der Waals surface area contributed by atoms with Crippen LogP contribution < -0.4 is 5.32 Å². The smallest absolute Gasteiger partial charge is 0.177 e. The summed E-state index contributed by atoms with van der Waals surface area (Å²) >= 11 is 0. The maximum absolute atomic E-state index is 11.9. The monoisotopic (exact) mass is 333 g/mol. The molecule has 0 unspecified atom stereocenters. The summed E-state index contributed by atoms with van der Waals surface area (Å²) in [7, 11) is -6.98. The van der Waals surface area contributed by atoms with Gasteiger partial charge in [0.1, 0.15) is 0 Å². The van der Waals surface area contributed by atoms with Gasteiger partial charge in [-0.1, -0.05) is 0 Å². The lowest BCUT2D eigenvalue weighted by Gasteiger charge is -2.15. The first-order chi connectivity index (χ1) is 9.68. The van der Waals surface area contributed by atoms with E-state index < -0.39 is 19.7 Å². The predicted octanol–water partition coefficient (Wildman–Crippen LogP) is 1.08. The minimum absolute atomic E-state index is 0.00871. The van der Waals surface area contributed by atoms with E-state index in [1.165, 1.54) is 18.2 Å². The van der Waals surface area contributed by atoms with Gasteiger partial charge in [0.15, 0.2) is 19.7 Å². The molecular weight excluding hydrogens is 314 g/mol. The first-order valence-corrected chi connectivity index (χ1v) is 10.4. The molecule has 8 heteroatoms. The Hall–Kier alpha value is -1.12. The number of ether oxygens (including phenoxy) is 1. The third-order valence-corrected chi connectivity index (χ3v) is 5.57. The van der Waals surface area contributed by atoms with Crippen molar-refractivity contribution in [2.75, 3.05) is 31.0 Å². The third kappa shape index (κ3) is 4.18. The van der Waals surface area contributed by atoms with Crippen molar-refractivity contribution in [3.8, 4) is 0 Å². The van der Waals surface area contributed by atoms with Crippen molar-refractivity contribution < 1.29 is 21.6 Å². The van der Waals surface area contributed by atoms with Crippen molar-refractivity contribution in [3.05, 3.63) is 18.2 Å². The highest BCUT2D eigenvalue weighted by molar-refractivity contribution is 7.91. The zero-order chi connectivity index (χ0) is 15.7. The van der Waals surface area contributed by atoms with Crippen LogP contribution in [0, 0.1) is 0 Å². The lowest BCUT2D eigenvalue weighted by molar-refractivity contribution is 0.120. The molecule has 0 saturated carbocycles. The summed E-state index contributed by atoms with van der Waals surface area (Å²) in [6, 6.07) is 4.09. The summed E-state index contributed by atoms with van der Waals surface area (Å²) in [6.45, 7) is 1.22. The predicted molar refractivity (Wildman–Crippen MR) is 80.1 cm³/mol. The van der Waals surface area contributed by atoms with Gasteiger partial charge < -0.3 is 10.1 Å². The van der Waals surface area contributed by atoms with Crippen molar-refractivity contribution >= 4 is 25.4 Å². The first kappa shape index (κ1) is 16.3. The molecule has 1 saturated heterocycles. The van der Waals surface area contributed by atoms with E-state index in [9.17, 15) is 16.8 Å². The molecule has 0 spiro atoms. The molecule has 118 valence electrons. The zero-order valence-corrected chi connectivity index (χ0v) is 13.6. The first-order valence-electron chi connectivity index (χ1n) is 6.57. The van der Waals surface area contributed by atoms with E-state index >= 15 is 0 Å². The van der Waals surface area contributed by atoms with Crippen LogP contribution >= 0.6 is 0 Å². The van der Waals surface area contributed by atoms with Crippen LogP contribution in [-0.2, 0) is 24.4 Å². The van der Waals surface area contributed by atoms with Crippen LogP contribution in [0.1, 0.15) is 12.8 Å². The van der Waals surface area contributed by atoms with Gasteiger partial charge in [0, 0.05) is 25.7 Å². The van der Waals surface area contributed by atoms with E-state index in [0.29, 0.717) is 12.2 Å². The van der Waals surface area contributed by atoms with Gasteiger partial charge in [-0.05, 0) is 31.0 Å². The Labute approximate surface area is 125 Å². The maximum atomic E-state index is 11.9. The fraction of sp³-hybridized carbons (Fsp3) is 0.538. The standard InChI is InChI=1S/C13H19NO5S2/c1-20(15,16)11-5-6-12(13(8-11)21(2,17)18)14-9-10-4-3-7-19-10/h5-6,8,10,14H,3-4,7,9H2,1-2H3/t10-/m1/s1. The summed E-state index contributed by atoms with van der Waals surface area (Å²) in [5.74, 6) is 0.